The molecule has 32 heavy (non-hydrogen) atoms. The maximum Gasteiger partial charge on any atom is 0.271 e. The van der Waals surface area contributed by atoms with Gasteiger partial charge in [0, 0.05) is 45.2 Å². The van der Waals surface area contributed by atoms with Crippen LogP contribution in [0.1, 0.15) is 47.3 Å². The first-order valence-electron chi connectivity index (χ1n) is 11.7. The second kappa shape index (κ2) is 9.45. The first-order valence-corrected chi connectivity index (χ1v) is 11.7. The van der Waals surface area contributed by atoms with Crippen molar-refractivity contribution in [2.24, 2.45) is 11.8 Å². The van der Waals surface area contributed by atoms with Gasteiger partial charge in [0.1, 0.15) is 5.69 Å². The number of fused-ring (bicyclic) bond motifs is 2. The fourth-order valence-corrected chi connectivity index (χ4v) is 5.02. The summed E-state index contributed by atoms with van der Waals surface area (Å²) >= 11 is 0. The maximum atomic E-state index is 13.3. The highest BCUT2D eigenvalue weighted by Gasteiger charge is 2.38. The quantitative estimate of drug-likeness (QED) is 0.728. The van der Waals surface area contributed by atoms with Gasteiger partial charge in [-0.3, -0.25) is 14.7 Å². The highest BCUT2D eigenvalue weighted by atomic mass is 16.2. The zero-order valence-corrected chi connectivity index (χ0v) is 19.6. The van der Waals surface area contributed by atoms with E-state index < -0.39 is 0 Å². The Bertz CT molecular complexity index is 982. The third kappa shape index (κ3) is 4.88. The molecule has 172 valence electrons. The zero-order chi connectivity index (χ0) is 22.8. The molecule has 2 aliphatic heterocycles. The predicted octanol–water partition coefficient (Wildman–Crippen LogP) is 3.00. The molecule has 2 N–H and O–H groups in total. The zero-order valence-electron chi connectivity index (χ0n) is 19.6. The van der Waals surface area contributed by atoms with E-state index in [-0.39, 0.29) is 11.8 Å². The number of amides is 2. The van der Waals surface area contributed by atoms with E-state index in [9.17, 15) is 9.59 Å². The van der Waals surface area contributed by atoms with Crippen LogP contribution in [0.15, 0.2) is 24.3 Å². The summed E-state index contributed by atoms with van der Waals surface area (Å²) in [4.78, 5) is 28.8. The van der Waals surface area contributed by atoms with Crippen LogP contribution < -0.4 is 5.32 Å². The minimum absolute atomic E-state index is 0.0331. The number of carbonyl (C=O) groups is 2. The van der Waals surface area contributed by atoms with Crippen LogP contribution in [0, 0.1) is 25.7 Å². The first kappa shape index (κ1) is 22.5. The molecule has 4 rings (SSSR count). The number of H-pyrrole nitrogens is 1. The van der Waals surface area contributed by atoms with Crippen molar-refractivity contribution in [1.29, 1.82) is 0 Å². The largest absolute Gasteiger partial charge is 0.349 e. The van der Waals surface area contributed by atoms with Gasteiger partial charge in [0.15, 0.2) is 0 Å². The number of benzene rings is 1. The average molecular weight is 438 g/mol. The van der Waals surface area contributed by atoms with Crippen molar-refractivity contribution in [3.63, 3.8) is 0 Å². The molecule has 0 saturated carbocycles. The molecular weight excluding hydrogens is 402 g/mol. The summed E-state index contributed by atoms with van der Waals surface area (Å²) < 4.78 is 0. The number of rotatable bonds is 6. The van der Waals surface area contributed by atoms with E-state index >= 15 is 0 Å². The number of carbonyl (C=O) groups excluding carboxylic acids is 2. The molecule has 1 aromatic heterocycles. The summed E-state index contributed by atoms with van der Waals surface area (Å²) in [6.07, 6.45) is 3.59. The molecule has 0 spiro atoms. The van der Waals surface area contributed by atoms with Gasteiger partial charge in [0.2, 0.25) is 5.91 Å². The molecule has 2 aromatic rings. The summed E-state index contributed by atoms with van der Waals surface area (Å²) in [5.74, 6) is 1.13. The van der Waals surface area contributed by atoms with Crippen LogP contribution in [0.5, 0.6) is 0 Å². The number of nitrogens with zero attached hydrogens (tertiary/aromatic N) is 3. The molecule has 0 unspecified atom stereocenters. The lowest BCUT2D eigenvalue weighted by Crippen LogP contribution is -2.57. The summed E-state index contributed by atoms with van der Waals surface area (Å²) in [6, 6.07) is 8.49. The van der Waals surface area contributed by atoms with Gasteiger partial charge in [-0.2, -0.15) is 5.10 Å². The molecule has 7 nitrogen and oxygen atoms in total. The topological polar surface area (TPSA) is 81.3 Å². The molecule has 3 heterocycles. The van der Waals surface area contributed by atoms with Gasteiger partial charge < -0.3 is 15.1 Å². The number of nitrogens with one attached hydrogen (secondary N) is 2. The van der Waals surface area contributed by atoms with Gasteiger partial charge in [-0.15, -0.1) is 0 Å². The van der Waals surface area contributed by atoms with Crippen LogP contribution in [0.3, 0.4) is 0 Å². The number of likely N-dealkylation sites (tertiary alicyclic amines) is 1. The number of hydrogen-bond acceptors (Lipinski definition) is 4. The highest BCUT2D eigenvalue weighted by Crippen LogP contribution is 2.31. The Morgan fingerprint density at radius 2 is 1.97 bits per heavy atom. The van der Waals surface area contributed by atoms with E-state index in [1.165, 1.54) is 11.1 Å². The van der Waals surface area contributed by atoms with Gasteiger partial charge in [-0.25, -0.2) is 0 Å². The Kier molecular flexibility index (Phi) is 6.65. The van der Waals surface area contributed by atoms with E-state index in [1.54, 1.807) is 19.0 Å². The van der Waals surface area contributed by atoms with Crippen LogP contribution >= 0.6 is 0 Å². The minimum Gasteiger partial charge on any atom is -0.349 e. The second-order valence-electron chi connectivity index (χ2n) is 9.73. The molecular formula is C25H35N5O2. The molecule has 3 atom stereocenters. The van der Waals surface area contributed by atoms with Crippen LogP contribution in [-0.2, 0) is 4.79 Å². The monoisotopic (exact) mass is 437 g/mol. The van der Waals surface area contributed by atoms with Gasteiger partial charge >= 0.3 is 0 Å². The van der Waals surface area contributed by atoms with E-state index in [0.717, 1.165) is 50.2 Å². The average Bonchev–Trinajstić information content (AvgIpc) is 3.26. The fraction of sp³-hybridized carbons (Fsp3) is 0.560. The van der Waals surface area contributed by atoms with Gasteiger partial charge in [-0.1, -0.05) is 12.1 Å². The Morgan fingerprint density at radius 3 is 2.72 bits per heavy atom. The van der Waals surface area contributed by atoms with Gasteiger partial charge in [-0.05, 0) is 74.8 Å². The van der Waals surface area contributed by atoms with Crippen molar-refractivity contribution in [2.45, 2.75) is 45.6 Å². The van der Waals surface area contributed by atoms with E-state index in [0.29, 0.717) is 30.0 Å². The predicted molar refractivity (Wildman–Crippen MR) is 125 cm³/mol. The first-order chi connectivity index (χ1) is 15.3. The number of aromatic amines is 1. The third-order valence-corrected chi connectivity index (χ3v) is 7.11. The lowest BCUT2D eigenvalue weighted by molar-refractivity contribution is -0.128. The van der Waals surface area contributed by atoms with Crippen molar-refractivity contribution in [1.82, 2.24) is 25.3 Å². The van der Waals surface area contributed by atoms with E-state index in [2.05, 4.69) is 47.6 Å². The van der Waals surface area contributed by atoms with E-state index in [1.807, 2.05) is 11.0 Å². The maximum absolute atomic E-state index is 13.3. The van der Waals surface area contributed by atoms with Gasteiger partial charge in [0.25, 0.3) is 5.91 Å². The summed E-state index contributed by atoms with van der Waals surface area (Å²) in [5, 5.41) is 11.1. The molecule has 2 fully saturated rings. The van der Waals surface area contributed by atoms with Crippen molar-refractivity contribution in [2.75, 3.05) is 33.7 Å². The lowest BCUT2D eigenvalue weighted by Gasteiger charge is -2.46. The fourth-order valence-electron chi connectivity index (χ4n) is 5.02. The molecule has 2 amide bonds. The lowest BCUT2D eigenvalue weighted by atomic mass is 9.79. The van der Waals surface area contributed by atoms with Crippen LogP contribution in [-0.4, -0.2) is 71.6 Å². The summed E-state index contributed by atoms with van der Waals surface area (Å²) in [7, 11) is 3.61. The second-order valence-corrected chi connectivity index (χ2v) is 9.73. The van der Waals surface area contributed by atoms with Crippen molar-refractivity contribution in [3.8, 4) is 11.3 Å². The number of hydrogen-bond donors (Lipinski definition) is 2. The Morgan fingerprint density at radius 1 is 1.16 bits per heavy atom. The number of aryl methyl sites for hydroxylation is 2. The van der Waals surface area contributed by atoms with E-state index in [4.69, 9.17) is 0 Å². The summed E-state index contributed by atoms with van der Waals surface area (Å²) in [5.41, 5.74) is 4.84. The molecule has 2 aliphatic rings. The minimum atomic E-state index is 0.0331. The standard InChI is InChI=1S/C25H35N5O2/c1-16-8-9-19(10-17(16)2)22-12-23(28-27-22)25(32)30-14-18-11-20(15-30)21(26-13-18)6-5-7-24(31)29(3)4/h8-10,12,18,20-21,26H,5-7,11,13-15H2,1-4H3,(H,27,28)/t18-,20+,21+/m0/s1. The van der Waals surface area contributed by atoms with Crippen LogP contribution in [0.4, 0.5) is 0 Å². The number of piperidine rings is 2. The van der Waals surface area contributed by atoms with Crippen LogP contribution in [0.2, 0.25) is 0 Å². The van der Waals surface area contributed by atoms with Gasteiger partial charge in [0.05, 0.1) is 5.69 Å². The molecule has 2 bridgehead atoms. The summed E-state index contributed by atoms with van der Waals surface area (Å²) in [6.45, 7) is 6.65. The Labute approximate surface area is 190 Å². The number of aromatic nitrogens is 2. The SMILES string of the molecule is Cc1ccc(-c2cc(C(=O)N3C[C@@H]4CN[C@H](CCCC(=O)N(C)C)[C@H](C4)C3)[nH]n2)cc1C. The third-order valence-electron chi connectivity index (χ3n) is 7.11. The van der Waals surface area contributed by atoms with Crippen LogP contribution in [0.25, 0.3) is 11.3 Å². The molecule has 1 aromatic carbocycles. The molecule has 0 aliphatic carbocycles. The normalized spacial score (nSPS) is 22.6. The molecule has 0 radical (unpaired) electrons. The van der Waals surface area contributed by atoms with Crippen molar-refractivity contribution < 1.29 is 9.59 Å². The van der Waals surface area contributed by atoms with Crippen molar-refractivity contribution in [3.05, 3.63) is 41.1 Å². The Hall–Kier alpha value is -2.67. The smallest absolute Gasteiger partial charge is 0.271 e. The molecule has 2 saturated heterocycles. The Balaban J connectivity index is 1.39. The molecule has 7 heteroatoms. The highest BCUT2D eigenvalue weighted by molar-refractivity contribution is 5.93. The van der Waals surface area contributed by atoms with Crippen molar-refractivity contribution >= 4 is 11.8 Å².